The third-order valence-corrected chi connectivity index (χ3v) is 4.70. The van der Waals surface area contributed by atoms with Crippen molar-refractivity contribution >= 4 is 41.5 Å². The van der Waals surface area contributed by atoms with Crippen LogP contribution in [0.15, 0.2) is 60.0 Å². The Kier molecular flexibility index (Phi) is 8.37. The summed E-state index contributed by atoms with van der Waals surface area (Å²) in [6, 6.07) is 12.3. The van der Waals surface area contributed by atoms with E-state index in [4.69, 9.17) is 11.6 Å². The predicted octanol–water partition coefficient (Wildman–Crippen LogP) is 3.75. The largest absolute Gasteiger partial charge is 0.352 e. The van der Waals surface area contributed by atoms with Gasteiger partial charge >= 0.3 is 0 Å². The molecule has 1 N–H and O–H groups in total. The van der Waals surface area contributed by atoms with Crippen molar-refractivity contribution < 1.29 is 0 Å². The average Bonchev–Trinajstić information content (AvgIpc) is 3.26. The lowest BCUT2D eigenvalue weighted by Crippen LogP contribution is -2.38. The molecule has 3 rings (SSSR count). The first-order valence-corrected chi connectivity index (χ1v) is 9.21. The Balaban J connectivity index is 0.00000280. The maximum absolute atomic E-state index is 6.09. The lowest BCUT2D eigenvalue weighted by molar-refractivity contribution is 0.461. The van der Waals surface area contributed by atoms with Crippen molar-refractivity contribution in [1.29, 1.82) is 0 Å². The molecule has 0 radical (unpaired) electrons. The van der Waals surface area contributed by atoms with Crippen LogP contribution in [-0.2, 0) is 26.7 Å². The number of halogens is 2. The smallest absolute Gasteiger partial charge is 0.194 e. The summed E-state index contributed by atoms with van der Waals surface area (Å²) in [6.07, 6.45) is 5.68. The molecular weight excluding hydrogens is 487 g/mol. The number of aliphatic imine (C=N–C) groups is 1. The van der Waals surface area contributed by atoms with Crippen molar-refractivity contribution in [3.8, 4) is 0 Å². The van der Waals surface area contributed by atoms with Gasteiger partial charge in [-0.2, -0.15) is 5.10 Å². The highest BCUT2D eigenvalue weighted by atomic mass is 127. The third kappa shape index (κ3) is 5.75. The summed E-state index contributed by atoms with van der Waals surface area (Å²) in [5.74, 6) is 0.834. The molecule has 0 saturated heterocycles. The molecule has 0 spiro atoms. The fourth-order valence-electron chi connectivity index (χ4n) is 3.05. The molecular formula is C20H26ClIN6. The summed E-state index contributed by atoms with van der Waals surface area (Å²) in [7, 11) is 5.81. The molecule has 0 fully saturated rings. The van der Waals surface area contributed by atoms with Crippen molar-refractivity contribution in [2.45, 2.75) is 19.6 Å². The molecule has 0 aliphatic carbocycles. The number of aryl methyl sites for hydroxylation is 1. The van der Waals surface area contributed by atoms with Crippen LogP contribution in [0.3, 0.4) is 0 Å². The number of guanidine groups is 1. The summed E-state index contributed by atoms with van der Waals surface area (Å²) in [5, 5.41) is 8.50. The van der Waals surface area contributed by atoms with Crippen LogP contribution in [0.1, 0.15) is 16.8 Å². The highest BCUT2D eigenvalue weighted by Crippen LogP contribution is 2.14. The second kappa shape index (κ2) is 10.5. The van der Waals surface area contributed by atoms with Crippen LogP contribution in [0.4, 0.5) is 0 Å². The van der Waals surface area contributed by atoms with Crippen molar-refractivity contribution in [3.63, 3.8) is 0 Å². The number of hydrogen-bond donors (Lipinski definition) is 1. The van der Waals surface area contributed by atoms with E-state index in [1.54, 1.807) is 13.2 Å². The van der Waals surface area contributed by atoms with Crippen LogP contribution < -0.4 is 5.32 Å². The highest BCUT2D eigenvalue weighted by Gasteiger charge is 2.11. The average molecular weight is 513 g/mol. The first-order chi connectivity index (χ1) is 13.1. The van der Waals surface area contributed by atoms with Crippen LogP contribution in [0.25, 0.3) is 0 Å². The van der Waals surface area contributed by atoms with Gasteiger partial charge in [0.15, 0.2) is 5.96 Å². The SMILES string of the molecule is CN=C(NCc1ccccc1Cn1cccn1)N(C)Cc1cc(Cl)cn1C.I. The van der Waals surface area contributed by atoms with Crippen molar-refractivity contribution in [1.82, 2.24) is 24.6 Å². The Bertz CT molecular complexity index is 903. The van der Waals surface area contributed by atoms with Gasteiger partial charge in [-0.25, -0.2) is 0 Å². The van der Waals surface area contributed by atoms with Crippen LogP contribution in [0.5, 0.6) is 0 Å². The number of nitrogens with zero attached hydrogens (tertiary/aromatic N) is 5. The van der Waals surface area contributed by atoms with Gasteiger partial charge in [-0.3, -0.25) is 9.67 Å². The van der Waals surface area contributed by atoms with Gasteiger partial charge in [0.1, 0.15) is 0 Å². The summed E-state index contributed by atoms with van der Waals surface area (Å²) in [4.78, 5) is 6.50. The van der Waals surface area contributed by atoms with Crippen LogP contribution in [0, 0.1) is 0 Å². The number of nitrogens with one attached hydrogen (secondary N) is 1. The molecule has 28 heavy (non-hydrogen) atoms. The molecule has 2 aromatic heterocycles. The number of rotatable bonds is 6. The Morgan fingerprint density at radius 2 is 2.00 bits per heavy atom. The molecule has 0 saturated carbocycles. The zero-order valence-electron chi connectivity index (χ0n) is 16.3. The van der Waals surface area contributed by atoms with Crippen LogP contribution in [-0.4, -0.2) is 39.3 Å². The first-order valence-electron chi connectivity index (χ1n) is 8.83. The lowest BCUT2D eigenvalue weighted by atomic mass is 10.1. The topological polar surface area (TPSA) is 50.4 Å². The molecule has 3 aromatic rings. The molecule has 150 valence electrons. The standard InChI is InChI=1S/C20H25ClN6.HI/c1-22-20(26(3)15-19-11-18(21)14-25(19)2)23-12-16-7-4-5-8-17(16)13-27-10-6-9-24-27;/h4-11,14H,12-13,15H2,1-3H3,(H,22,23);1H. The van der Waals surface area contributed by atoms with Gasteiger partial charge in [0.25, 0.3) is 0 Å². The van der Waals surface area contributed by atoms with Gasteiger partial charge in [-0.1, -0.05) is 35.9 Å². The molecule has 0 atom stereocenters. The van der Waals surface area contributed by atoms with Gasteiger partial charge in [0.05, 0.1) is 18.1 Å². The molecule has 0 aliphatic heterocycles. The van der Waals surface area contributed by atoms with E-state index in [0.717, 1.165) is 29.8 Å². The summed E-state index contributed by atoms with van der Waals surface area (Å²) in [5.41, 5.74) is 3.59. The van der Waals surface area contributed by atoms with E-state index in [0.29, 0.717) is 6.54 Å². The van der Waals surface area contributed by atoms with E-state index < -0.39 is 0 Å². The minimum atomic E-state index is 0. The molecule has 8 heteroatoms. The molecule has 2 heterocycles. The molecule has 0 amide bonds. The van der Waals surface area contributed by atoms with E-state index in [-0.39, 0.29) is 24.0 Å². The van der Waals surface area contributed by atoms with Crippen LogP contribution in [0.2, 0.25) is 5.02 Å². The fourth-order valence-corrected chi connectivity index (χ4v) is 3.33. The second-order valence-electron chi connectivity index (χ2n) is 6.49. The van der Waals surface area contributed by atoms with E-state index >= 15 is 0 Å². The predicted molar refractivity (Wildman–Crippen MR) is 125 cm³/mol. The zero-order valence-corrected chi connectivity index (χ0v) is 19.4. The quantitative estimate of drug-likeness (QED) is 0.311. The van der Waals surface area contributed by atoms with Gasteiger partial charge in [0.2, 0.25) is 0 Å². The van der Waals surface area contributed by atoms with Gasteiger partial charge in [-0.05, 0) is 23.3 Å². The van der Waals surface area contributed by atoms with Crippen LogP contribution >= 0.6 is 35.6 Å². The maximum atomic E-state index is 6.09. The van der Waals surface area contributed by atoms with Crippen molar-refractivity contribution in [2.24, 2.45) is 12.0 Å². The minimum absolute atomic E-state index is 0. The molecule has 0 bridgehead atoms. The molecule has 6 nitrogen and oxygen atoms in total. The maximum Gasteiger partial charge on any atom is 0.194 e. The fraction of sp³-hybridized carbons (Fsp3) is 0.300. The molecule has 0 unspecified atom stereocenters. The Hall–Kier alpha value is -2.00. The summed E-state index contributed by atoms with van der Waals surface area (Å²) in [6.45, 7) is 2.17. The van der Waals surface area contributed by atoms with E-state index in [2.05, 4.69) is 44.6 Å². The number of hydrogen-bond acceptors (Lipinski definition) is 2. The van der Waals surface area contributed by atoms with E-state index in [1.807, 2.05) is 47.9 Å². The molecule has 0 aliphatic rings. The third-order valence-electron chi connectivity index (χ3n) is 4.49. The highest BCUT2D eigenvalue weighted by molar-refractivity contribution is 14.0. The van der Waals surface area contributed by atoms with Crippen molar-refractivity contribution in [3.05, 3.63) is 76.8 Å². The summed E-state index contributed by atoms with van der Waals surface area (Å²) >= 11 is 6.09. The second-order valence-corrected chi connectivity index (χ2v) is 6.93. The monoisotopic (exact) mass is 512 g/mol. The Morgan fingerprint density at radius 1 is 1.25 bits per heavy atom. The minimum Gasteiger partial charge on any atom is -0.352 e. The zero-order chi connectivity index (χ0) is 19.2. The van der Waals surface area contributed by atoms with Gasteiger partial charge in [-0.15, -0.1) is 24.0 Å². The Labute approximate surface area is 188 Å². The van der Waals surface area contributed by atoms with Crippen molar-refractivity contribution in [2.75, 3.05) is 14.1 Å². The number of aromatic nitrogens is 3. The number of benzene rings is 1. The Morgan fingerprint density at radius 3 is 2.61 bits per heavy atom. The van der Waals surface area contributed by atoms with Gasteiger partial charge < -0.3 is 14.8 Å². The normalized spacial score (nSPS) is 11.2. The first kappa shape index (κ1) is 22.3. The van der Waals surface area contributed by atoms with Gasteiger partial charge in [0, 0.05) is 52.0 Å². The summed E-state index contributed by atoms with van der Waals surface area (Å²) < 4.78 is 3.96. The lowest BCUT2D eigenvalue weighted by Gasteiger charge is -2.23. The van der Waals surface area contributed by atoms with E-state index in [9.17, 15) is 0 Å². The van der Waals surface area contributed by atoms with E-state index in [1.165, 1.54) is 11.1 Å². The molecule has 1 aromatic carbocycles.